The molecule has 0 spiro atoms. The summed E-state index contributed by atoms with van der Waals surface area (Å²) < 4.78 is 15.2. The summed E-state index contributed by atoms with van der Waals surface area (Å²) in [6, 6.07) is 9.69. The molecule has 2 aromatic rings. The summed E-state index contributed by atoms with van der Waals surface area (Å²) in [5.41, 5.74) is 1.69. The van der Waals surface area contributed by atoms with E-state index in [-0.39, 0.29) is 0 Å². The van der Waals surface area contributed by atoms with Gasteiger partial charge in [-0.3, -0.25) is 0 Å². The van der Waals surface area contributed by atoms with Crippen molar-refractivity contribution >= 4 is 0 Å². The third-order valence-corrected chi connectivity index (χ3v) is 2.07. The molecule has 0 bridgehead atoms. The fraction of sp³-hybridized carbons (Fsp3) is 0.182. The van der Waals surface area contributed by atoms with Crippen molar-refractivity contribution in [2.24, 2.45) is 0 Å². The molecule has 0 atom stereocenters. The van der Waals surface area contributed by atoms with Crippen LogP contribution in [0.2, 0.25) is 0 Å². The second kappa shape index (κ2) is 4.04. The molecule has 0 N–H and O–H groups in total. The lowest BCUT2D eigenvalue weighted by Gasteiger charge is -2.01. The highest BCUT2D eigenvalue weighted by Crippen LogP contribution is 2.37. The van der Waals surface area contributed by atoms with Gasteiger partial charge in [-0.05, 0) is 10.7 Å². The van der Waals surface area contributed by atoms with Gasteiger partial charge in [0.2, 0.25) is 0 Å². The minimum absolute atomic E-state index is 0.359. The molecule has 1 aromatic carbocycles. The molecule has 4 heteroatoms. The number of benzene rings is 1. The van der Waals surface area contributed by atoms with Crippen LogP contribution in [0.3, 0.4) is 0 Å². The van der Waals surface area contributed by atoms with E-state index in [2.05, 4.69) is 5.16 Å². The largest absolute Gasteiger partial charge is 0.478 e. The summed E-state index contributed by atoms with van der Waals surface area (Å²) in [5.74, 6) is 0.788. The molecule has 0 aliphatic heterocycles. The van der Waals surface area contributed by atoms with Crippen LogP contribution in [0.5, 0.6) is 11.8 Å². The summed E-state index contributed by atoms with van der Waals surface area (Å²) in [7, 11) is 3.08. The molecule has 15 heavy (non-hydrogen) atoms. The van der Waals surface area contributed by atoms with Crippen molar-refractivity contribution in [1.82, 2.24) is 5.16 Å². The van der Waals surface area contributed by atoms with Crippen molar-refractivity contribution in [3.63, 3.8) is 0 Å². The average molecular weight is 205 g/mol. The monoisotopic (exact) mass is 205 g/mol. The number of hydrogen-bond donors (Lipinski definition) is 0. The van der Waals surface area contributed by atoms with Crippen molar-refractivity contribution in [2.45, 2.75) is 0 Å². The second-order valence-corrected chi connectivity index (χ2v) is 2.92. The molecule has 4 nitrogen and oxygen atoms in total. The molecule has 0 amide bonds. The predicted octanol–water partition coefficient (Wildman–Crippen LogP) is 2.36. The Hall–Kier alpha value is -1.97. The Morgan fingerprint density at radius 2 is 1.80 bits per heavy atom. The summed E-state index contributed by atoms with van der Waals surface area (Å²) >= 11 is 0. The molecule has 0 radical (unpaired) electrons. The summed E-state index contributed by atoms with van der Waals surface area (Å²) in [6.45, 7) is 0. The van der Waals surface area contributed by atoms with Crippen molar-refractivity contribution in [1.29, 1.82) is 0 Å². The van der Waals surface area contributed by atoms with Gasteiger partial charge in [0, 0.05) is 0 Å². The van der Waals surface area contributed by atoms with Crippen molar-refractivity contribution in [3.05, 3.63) is 30.3 Å². The van der Waals surface area contributed by atoms with Crippen LogP contribution in [-0.2, 0) is 0 Å². The van der Waals surface area contributed by atoms with Crippen LogP contribution in [0.25, 0.3) is 11.1 Å². The Morgan fingerprint density at radius 1 is 1.07 bits per heavy atom. The van der Waals surface area contributed by atoms with Crippen LogP contribution in [0.1, 0.15) is 0 Å². The first-order valence-corrected chi connectivity index (χ1v) is 4.50. The number of nitrogens with zero attached hydrogens (tertiary/aromatic N) is 1. The van der Waals surface area contributed by atoms with Crippen LogP contribution in [-0.4, -0.2) is 19.4 Å². The summed E-state index contributed by atoms with van der Waals surface area (Å²) in [5, 5.41) is 3.76. The van der Waals surface area contributed by atoms with Gasteiger partial charge in [-0.2, -0.15) is 0 Å². The topological polar surface area (TPSA) is 44.5 Å². The van der Waals surface area contributed by atoms with Gasteiger partial charge in [0.25, 0.3) is 5.88 Å². The van der Waals surface area contributed by atoms with Crippen LogP contribution in [0, 0.1) is 0 Å². The molecule has 0 aliphatic rings. The van der Waals surface area contributed by atoms with E-state index in [0.717, 1.165) is 11.1 Å². The van der Waals surface area contributed by atoms with E-state index in [1.807, 2.05) is 30.3 Å². The minimum Gasteiger partial charge on any atom is -0.478 e. The van der Waals surface area contributed by atoms with Gasteiger partial charge in [-0.1, -0.05) is 30.3 Å². The zero-order chi connectivity index (χ0) is 10.7. The van der Waals surface area contributed by atoms with Gasteiger partial charge >= 0.3 is 5.95 Å². The highest BCUT2D eigenvalue weighted by molar-refractivity contribution is 5.72. The third kappa shape index (κ3) is 1.66. The van der Waals surface area contributed by atoms with Gasteiger partial charge in [0.1, 0.15) is 5.56 Å². The molecule has 0 saturated carbocycles. The summed E-state index contributed by atoms with van der Waals surface area (Å²) in [4.78, 5) is 0. The molecule has 0 unspecified atom stereocenters. The maximum Gasteiger partial charge on any atom is 0.322 e. The molecule has 1 heterocycles. The molecule has 0 saturated heterocycles. The lowest BCUT2D eigenvalue weighted by molar-refractivity contribution is 0.252. The third-order valence-electron chi connectivity index (χ3n) is 2.07. The molecular weight excluding hydrogens is 194 g/mol. The average Bonchev–Trinajstić information content (AvgIpc) is 2.72. The number of ether oxygens (including phenoxy) is 2. The van der Waals surface area contributed by atoms with E-state index >= 15 is 0 Å². The van der Waals surface area contributed by atoms with Gasteiger partial charge in [0.05, 0.1) is 14.2 Å². The normalized spacial score (nSPS) is 10.0. The first-order valence-electron chi connectivity index (χ1n) is 4.50. The maximum atomic E-state index is 5.10. The fourth-order valence-electron chi connectivity index (χ4n) is 1.39. The number of rotatable bonds is 3. The summed E-state index contributed by atoms with van der Waals surface area (Å²) in [6.07, 6.45) is 0. The first-order chi connectivity index (χ1) is 7.36. The van der Waals surface area contributed by atoms with E-state index in [1.54, 1.807) is 7.11 Å². The molecule has 0 fully saturated rings. The van der Waals surface area contributed by atoms with Crippen LogP contribution < -0.4 is 9.47 Å². The lowest BCUT2D eigenvalue weighted by atomic mass is 10.1. The maximum absolute atomic E-state index is 5.10. The van der Waals surface area contributed by atoms with Crippen molar-refractivity contribution < 1.29 is 14.0 Å². The predicted molar refractivity (Wildman–Crippen MR) is 55.0 cm³/mol. The molecular formula is C11H11NO3. The number of aromatic nitrogens is 1. The molecule has 2 rings (SSSR count). The second-order valence-electron chi connectivity index (χ2n) is 2.92. The van der Waals surface area contributed by atoms with Gasteiger partial charge < -0.3 is 14.0 Å². The van der Waals surface area contributed by atoms with Gasteiger partial charge in [0.15, 0.2) is 0 Å². The minimum atomic E-state index is 0.359. The van der Waals surface area contributed by atoms with E-state index < -0.39 is 0 Å². The Bertz CT molecular complexity index is 415. The zero-order valence-electron chi connectivity index (χ0n) is 8.56. The van der Waals surface area contributed by atoms with Crippen LogP contribution >= 0.6 is 0 Å². The van der Waals surface area contributed by atoms with E-state index in [0.29, 0.717) is 11.8 Å². The van der Waals surface area contributed by atoms with Gasteiger partial charge in [-0.15, -0.1) is 0 Å². The Labute approximate surface area is 87.4 Å². The quantitative estimate of drug-likeness (QED) is 0.771. The number of methoxy groups -OCH3 is 2. The fourth-order valence-corrected chi connectivity index (χ4v) is 1.39. The molecule has 0 aliphatic carbocycles. The van der Waals surface area contributed by atoms with Crippen LogP contribution in [0.4, 0.5) is 0 Å². The van der Waals surface area contributed by atoms with Crippen molar-refractivity contribution in [2.75, 3.05) is 14.2 Å². The lowest BCUT2D eigenvalue weighted by Crippen LogP contribution is -1.87. The number of hydrogen-bond acceptors (Lipinski definition) is 4. The Morgan fingerprint density at radius 3 is 2.40 bits per heavy atom. The standard InChI is InChI=1S/C11H11NO3/c1-13-10-9(11(14-2)15-12-10)8-6-4-3-5-7-8/h3-7H,1-2H3. The smallest absolute Gasteiger partial charge is 0.322 e. The van der Waals surface area contributed by atoms with E-state index in [9.17, 15) is 0 Å². The van der Waals surface area contributed by atoms with Crippen LogP contribution in [0.15, 0.2) is 34.9 Å². The zero-order valence-corrected chi connectivity index (χ0v) is 8.56. The van der Waals surface area contributed by atoms with E-state index in [4.69, 9.17) is 14.0 Å². The molecule has 1 aromatic heterocycles. The van der Waals surface area contributed by atoms with Crippen molar-refractivity contribution in [3.8, 4) is 23.0 Å². The highest BCUT2D eigenvalue weighted by atomic mass is 16.6. The molecule has 78 valence electrons. The SMILES string of the molecule is COc1noc(OC)c1-c1ccccc1. The Balaban J connectivity index is 2.55. The van der Waals surface area contributed by atoms with E-state index in [1.165, 1.54) is 7.11 Å². The highest BCUT2D eigenvalue weighted by Gasteiger charge is 2.18. The first kappa shape index (κ1) is 9.58. The van der Waals surface area contributed by atoms with Gasteiger partial charge in [-0.25, -0.2) is 0 Å². The Kier molecular flexibility index (Phi) is 2.58.